The first kappa shape index (κ1) is 23.6. The molecule has 0 heterocycles. The van der Waals surface area contributed by atoms with Crippen molar-refractivity contribution in [2.45, 2.75) is 12.8 Å². The molecule has 96 valence electrons. The fraction of sp³-hybridized carbons (Fsp3) is 0.500. The Bertz CT molecular complexity index is 404. The van der Waals surface area contributed by atoms with E-state index in [4.69, 9.17) is 10.3 Å². The molecular formula is C6H11NNa2O8S. The van der Waals surface area contributed by atoms with E-state index in [9.17, 15) is 22.8 Å². The van der Waals surface area contributed by atoms with Crippen LogP contribution in [0.2, 0.25) is 0 Å². The summed E-state index contributed by atoms with van der Waals surface area (Å²) >= 11 is 0. The molecule has 0 aromatic carbocycles. The standard InChI is InChI=1S/C6H9NO8S.2Na.2H/c7-3-6(10)14-4(8)1-2-5(9)15-16(11,12)13;;;;/h1-3,7H2,(H,11,12,13);;;;/q;2*+1;2*-1. The summed E-state index contributed by atoms with van der Waals surface area (Å²) in [4.78, 5) is 31.9. The van der Waals surface area contributed by atoms with E-state index < -0.39 is 47.7 Å². The number of carbonyl (C=O) groups is 3. The zero-order valence-electron chi connectivity index (χ0n) is 11.9. The molecular weight excluding hydrogens is 292 g/mol. The predicted octanol–water partition coefficient (Wildman–Crippen LogP) is -7.63. The molecule has 0 amide bonds. The quantitative estimate of drug-likeness (QED) is 0.218. The van der Waals surface area contributed by atoms with Crippen molar-refractivity contribution in [1.29, 1.82) is 0 Å². The van der Waals surface area contributed by atoms with Crippen LogP contribution >= 0.6 is 0 Å². The van der Waals surface area contributed by atoms with Crippen LogP contribution in [-0.4, -0.2) is 37.4 Å². The van der Waals surface area contributed by atoms with Gasteiger partial charge in [0.2, 0.25) is 0 Å². The summed E-state index contributed by atoms with van der Waals surface area (Å²) in [5, 5.41) is 0. The first-order chi connectivity index (χ1) is 7.24. The van der Waals surface area contributed by atoms with Crippen LogP contribution < -0.4 is 64.8 Å². The third-order valence-corrected chi connectivity index (χ3v) is 1.52. The topological polar surface area (TPSA) is 150 Å². The normalized spacial score (nSPS) is 9.44. The minimum absolute atomic E-state index is 0. The predicted molar refractivity (Wildman–Crippen MR) is 49.3 cm³/mol. The molecule has 0 spiro atoms. The van der Waals surface area contributed by atoms with Gasteiger partial charge in [0.05, 0.1) is 19.4 Å². The smallest absolute Gasteiger partial charge is 1.00 e. The van der Waals surface area contributed by atoms with Crippen LogP contribution in [0.5, 0.6) is 0 Å². The molecule has 0 bridgehead atoms. The van der Waals surface area contributed by atoms with Crippen LogP contribution in [0, 0.1) is 0 Å². The molecule has 0 unspecified atom stereocenters. The van der Waals surface area contributed by atoms with Crippen molar-refractivity contribution < 1.29 is 98.2 Å². The van der Waals surface area contributed by atoms with Gasteiger partial charge in [-0.25, -0.2) is 0 Å². The Hall–Kier alpha value is 0.480. The Labute approximate surface area is 150 Å². The molecule has 0 atom stereocenters. The molecule has 9 nitrogen and oxygen atoms in total. The molecule has 0 rings (SSSR count). The maximum Gasteiger partial charge on any atom is 1.00 e. The number of carbonyl (C=O) groups excluding carboxylic acids is 3. The molecule has 0 aromatic rings. The third kappa shape index (κ3) is 14.5. The van der Waals surface area contributed by atoms with Gasteiger partial charge in [-0.3, -0.25) is 18.9 Å². The van der Waals surface area contributed by atoms with Gasteiger partial charge in [0.1, 0.15) is 0 Å². The molecule has 0 fully saturated rings. The number of hydrogen-bond acceptors (Lipinski definition) is 8. The van der Waals surface area contributed by atoms with E-state index in [1.54, 1.807) is 0 Å². The molecule has 0 saturated carbocycles. The van der Waals surface area contributed by atoms with Crippen LogP contribution in [0.3, 0.4) is 0 Å². The summed E-state index contributed by atoms with van der Waals surface area (Å²) in [5.41, 5.74) is 4.83. The Morgan fingerprint density at radius 2 is 1.50 bits per heavy atom. The summed E-state index contributed by atoms with van der Waals surface area (Å²) in [6.07, 6.45) is -1.23. The molecule has 12 heteroatoms. The van der Waals surface area contributed by atoms with Gasteiger partial charge < -0.3 is 17.5 Å². The molecule has 0 aromatic heterocycles. The zero-order chi connectivity index (χ0) is 12.8. The van der Waals surface area contributed by atoms with Gasteiger partial charge in [0.15, 0.2) is 0 Å². The fourth-order valence-electron chi connectivity index (χ4n) is 0.583. The summed E-state index contributed by atoms with van der Waals surface area (Å²) in [5.74, 6) is -3.38. The SMILES string of the molecule is NCC(=O)OC(=O)CCC(=O)OS(=O)(=O)O.[H-].[H-].[Na+].[Na+]. The molecule has 0 aliphatic rings. The van der Waals surface area contributed by atoms with E-state index in [2.05, 4.69) is 8.92 Å². The van der Waals surface area contributed by atoms with Gasteiger partial charge in [-0.2, -0.15) is 8.42 Å². The van der Waals surface area contributed by atoms with Gasteiger partial charge in [-0.05, 0) is 0 Å². The van der Waals surface area contributed by atoms with Crippen molar-refractivity contribution >= 4 is 28.3 Å². The number of ether oxygens (including phenoxy) is 1. The second-order valence-electron chi connectivity index (χ2n) is 2.43. The fourth-order valence-corrected chi connectivity index (χ4v) is 0.901. The van der Waals surface area contributed by atoms with Crippen LogP contribution in [0.25, 0.3) is 0 Å². The third-order valence-electron chi connectivity index (χ3n) is 1.13. The van der Waals surface area contributed by atoms with Crippen LogP contribution in [0.4, 0.5) is 0 Å². The Morgan fingerprint density at radius 1 is 1.06 bits per heavy atom. The Kier molecular flexibility index (Phi) is 14.8. The van der Waals surface area contributed by atoms with Gasteiger partial charge in [0.25, 0.3) is 0 Å². The second-order valence-corrected chi connectivity index (χ2v) is 3.46. The van der Waals surface area contributed by atoms with E-state index in [0.717, 1.165) is 0 Å². The Morgan fingerprint density at radius 3 is 1.89 bits per heavy atom. The average Bonchev–Trinajstić information content (AvgIpc) is 2.12. The van der Waals surface area contributed by atoms with Crippen molar-refractivity contribution in [1.82, 2.24) is 0 Å². The Balaban J connectivity index is -0.000000187. The van der Waals surface area contributed by atoms with Gasteiger partial charge in [0, 0.05) is 0 Å². The number of esters is 2. The monoisotopic (exact) mass is 303 g/mol. The van der Waals surface area contributed by atoms with Crippen molar-refractivity contribution in [2.24, 2.45) is 5.73 Å². The van der Waals surface area contributed by atoms with Gasteiger partial charge >= 0.3 is 87.4 Å². The number of rotatable bonds is 5. The zero-order valence-corrected chi connectivity index (χ0v) is 14.7. The van der Waals surface area contributed by atoms with E-state index >= 15 is 0 Å². The van der Waals surface area contributed by atoms with Crippen molar-refractivity contribution in [3.8, 4) is 0 Å². The maximum absolute atomic E-state index is 10.8. The summed E-state index contributed by atoms with van der Waals surface area (Å²) in [6, 6.07) is 0. The van der Waals surface area contributed by atoms with Gasteiger partial charge in [-0.15, -0.1) is 0 Å². The van der Waals surface area contributed by atoms with E-state index in [1.165, 1.54) is 0 Å². The van der Waals surface area contributed by atoms with Crippen molar-refractivity contribution in [3.05, 3.63) is 0 Å². The number of nitrogens with two attached hydrogens (primary N) is 1. The van der Waals surface area contributed by atoms with Crippen LogP contribution in [0.1, 0.15) is 15.7 Å². The minimum Gasteiger partial charge on any atom is -1.00 e. The molecule has 0 aliphatic heterocycles. The largest absolute Gasteiger partial charge is 1.00 e. The first-order valence-electron chi connectivity index (χ1n) is 3.88. The summed E-state index contributed by atoms with van der Waals surface area (Å²) in [7, 11) is -4.89. The second kappa shape index (κ2) is 11.3. The van der Waals surface area contributed by atoms with Crippen LogP contribution in [-0.2, 0) is 33.7 Å². The van der Waals surface area contributed by atoms with Crippen molar-refractivity contribution in [3.63, 3.8) is 0 Å². The molecule has 0 saturated heterocycles. The van der Waals surface area contributed by atoms with E-state index in [0.29, 0.717) is 0 Å². The molecule has 18 heavy (non-hydrogen) atoms. The molecule has 0 radical (unpaired) electrons. The maximum atomic E-state index is 10.8. The summed E-state index contributed by atoms with van der Waals surface area (Å²) < 4.78 is 35.7. The van der Waals surface area contributed by atoms with Gasteiger partial charge in [-0.1, -0.05) is 0 Å². The minimum atomic E-state index is -4.89. The van der Waals surface area contributed by atoms with Crippen LogP contribution in [0.15, 0.2) is 0 Å². The first-order valence-corrected chi connectivity index (χ1v) is 5.24. The number of hydrogen-bond donors (Lipinski definition) is 2. The van der Waals surface area contributed by atoms with E-state index in [-0.39, 0.29) is 62.0 Å². The molecule has 3 N–H and O–H groups in total. The van der Waals surface area contributed by atoms with E-state index in [1.807, 2.05) is 0 Å². The van der Waals surface area contributed by atoms with Crippen molar-refractivity contribution in [2.75, 3.05) is 6.54 Å². The molecule has 0 aliphatic carbocycles. The summed E-state index contributed by atoms with van der Waals surface area (Å²) in [6.45, 7) is -0.499. The average molecular weight is 303 g/mol.